The summed E-state index contributed by atoms with van der Waals surface area (Å²) in [4.78, 5) is 24.7. The van der Waals surface area contributed by atoms with Crippen molar-refractivity contribution in [3.63, 3.8) is 0 Å². The van der Waals surface area contributed by atoms with Crippen LogP contribution in [0.5, 0.6) is 0 Å². The van der Waals surface area contributed by atoms with E-state index in [0.717, 1.165) is 49.9 Å². The second kappa shape index (κ2) is 6.82. The van der Waals surface area contributed by atoms with Gasteiger partial charge in [0.25, 0.3) is 0 Å². The van der Waals surface area contributed by atoms with Gasteiger partial charge in [0.1, 0.15) is 0 Å². The number of carbonyl (C=O) groups is 2. The third-order valence-electron chi connectivity index (χ3n) is 6.59. The lowest BCUT2D eigenvalue weighted by atomic mass is 9.49. The Morgan fingerprint density at radius 3 is 1.87 bits per heavy atom. The first-order valence-corrected chi connectivity index (χ1v) is 9.62. The molecule has 0 aromatic heterocycles. The van der Waals surface area contributed by atoms with E-state index in [1.807, 2.05) is 13.8 Å². The number of hydrogen-bond acceptors (Lipinski definition) is 2. The maximum Gasteiger partial charge on any atom is 0.226 e. The van der Waals surface area contributed by atoms with Crippen LogP contribution in [0.25, 0.3) is 0 Å². The lowest BCUT2D eigenvalue weighted by Crippen LogP contribution is -2.54. The van der Waals surface area contributed by atoms with Gasteiger partial charge in [0.15, 0.2) is 0 Å². The van der Waals surface area contributed by atoms with Crippen molar-refractivity contribution < 1.29 is 9.59 Å². The third-order valence-corrected chi connectivity index (χ3v) is 6.59. The van der Waals surface area contributed by atoms with Crippen LogP contribution in [0.3, 0.4) is 0 Å². The molecule has 4 aliphatic carbocycles. The highest BCUT2D eigenvalue weighted by Gasteiger charge is 2.54. The molecular formula is C19H32N2O2. The summed E-state index contributed by atoms with van der Waals surface area (Å²) in [6.45, 7) is 5.20. The SMILES string of the molecule is CCC(CC)C(=O)NCCNC(=O)C12CC3CC(CC(C3)C1)C2. The zero-order chi connectivity index (χ0) is 16.4. The Morgan fingerprint density at radius 2 is 1.39 bits per heavy atom. The molecule has 4 saturated carbocycles. The van der Waals surface area contributed by atoms with Gasteiger partial charge in [0, 0.05) is 24.4 Å². The third kappa shape index (κ3) is 3.41. The minimum absolute atomic E-state index is 0.0753. The van der Waals surface area contributed by atoms with Crippen LogP contribution in [-0.4, -0.2) is 24.9 Å². The van der Waals surface area contributed by atoms with Crippen molar-refractivity contribution in [2.24, 2.45) is 29.1 Å². The first kappa shape index (κ1) is 16.8. The van der Waals surface area contributed by atoms with Gasteiger partial charge in [-0.3, -0.25) is 9.59 Å². The van der Waals surface area contributed by atoms with Gasteiger partial charge in [-0.25, -0.2) is 0 Å². The Kier molecular flexibility index (Phi) is 4.98. The van der Waals surface area contributed by atoms with Crippen LogP contribution in [0.4, 0.5) is 0 Å². The van der Waals surface area contributed by atoms with Gasteiger partial charge in [0.2, 0.25) is 11.8 Å². The van der Waals surface area contributed by atoms with Crippen molar-refractivity contribution >= 4 is 11.8 Å². The molecule has 0 aromatic rings. The monoisotopic (exact) mass is 320 g/mol. The van der Waals surface area contributed by atoms with Crippen LogP contribution in [0.2, 0.25) is 0 Å². The van der Waals surface area contributed by atoms with Gasteiger partial charge in [-0.1, -0.05) is 13.8 Å². The average molecular weight is 320 g/mol. The predicted molar refractivity (Wildman–Crippen MR) is 90.7 cm³/mol. The predicted octanol–water partition coefficient (Wildman–Crippen LogP) is 2.87. The molecule has 2 amide bonds. The number of carbonyl (C=O) groups excluding carboxylic acids is 2. The fourth-order valence-corrected chi connectivity index (χ4v) is 5.74. The summed E-state index contributed by atoms with van der Waals surface area (Å²) >= 11 is 0. The van der Waals surface area contributed by atoms with Crippen molar-refractivity contribution in [2.45, 2.75) is 65.2 Å². The van der Waals surface area contributed by atoms with E-state index >= 15 is 0 Å². The van der Waals surface area contributed by atoms with Crippen LogP contribution in [0.1, 0.15) is 65.2 Å². The molecule has 0 spiro atoms. The minimum Gasteiger partial charge on any atom is -0.354 e. The van der Waals surface area contributed by atoms with E-state index in [1.165, 1.54) is 19.3 Å². The van der Waals surface area contributed by atoms with E-state index in [9.17, 15) is 9.59 Å². The summed E-state index contributed by atoms with van der Waals surface area (Å²) in [5.74, 6) is 2.87. The molecule has 0 saturated heterocycles. The smallest absolute Gasteiger partial charge is 0.226 e. The largest absolute Gasteiger partial charge is 0.354 e. The Morgan fingerprint density at radius 1 is 0.913 bits per heavy atom. The number of hydrogen-bond donors (Lipinski definition) is 2. The summed E-state index contributed by atoms with van der Waals surface area (Å²) < 4.78 is 0. The molecule has 4 fully saturated rings. The van der Waals surface area contributed by atoms with Crippen LogP contribution in [-0.2, 0) is 9.59 Å². The zero-order valence-electron chi connectivity index (χ0n) is 14.7. The Bertz CT molecular complexity index is 421. The zero-order valence-corrected chi connectivity index (χ0v) is 14.7. The Labute approximate surface area is 140 Å². The first-order chi connectivity index (χ1) is 11.1. The van der Waals surface area contributed by atoms with Crippen molar-refractivity contribution in [3.05, 3.63) is 0 Å². The second-order valence-corrected chi connectivity index (χ2v) is 8.26. The molecule has 4 rings (SSSR count). The van der Waals surface area contributed by atoms with E-state index in [4.69, 9.17) is 0 Å². The van der Waals surface area contributed by atoms with E-state index in [0.29, 0.717) is 13.1 Å². The molecule has 0 radical (unpaired) electrons. The molecular weight excluding hydrogens is 288 g/mol. The van der Waals surface area contributed by atoms with Gasteiger partial charge in [-0.15, -0.1) is 0 Å². The van der Waals surface area contributed by atoms with Crippen molar-refractivity contribution in [2.75, 3.05) is 13.1 Å². The fraction of sp³-hybridized carbons (Fsp3) is 0.895. The van der Waals surface area contributed by atoms with E-state index in [-0.39, 0.29) is 23.1 Å². The summed E-state index contributed by atoms with van der Waals surface area (Å²) in [5, 5.41) is 6.08. The van der Waals surface area contributed by atoms with E-state index in [2.05, 4.69) is 10.6 Å². The minimum atomic E-state index is -0.0753. The highest BCUT2D eigenvalue weighted by atomic mass is 16.2. The highest BCUT2D eigenvalue weighted by Crippen LogP contribution is 2.60. The molecule has 4 bridgehead atoms. The molecule has 130 valence electrons. The maximum absolute atomic E-state index is 12.8. The van der Waals surface area contributed by atoms with Gasteiger partial charge in [0.05, 0.1) is 0 Å². The molecule has 4 heteroatoms. The summed E-state index contributed by atoms with van der Waals surface area (Å²) in [6, 6.07) is 0. The molecule has 0 unspecified atom stereocenters. The molecule has 4 nitrogen and oxygen atoms in total. The van der Waals surface area contributed by atoms with E-state index < -0.39 is 0 Å². The molecule has 0 heterocycles. The first-order valence-electron chi connectivity index (χ1n) is 9.62. The number of rotatable bonds is 7. The normalized spacial score (nSPS) is 34.7. The number of amides is 2. The maximum atomic E-state index is 12.8. The van der Waals surface area contributed by atoms with Crippen LogP contribution in [0, 0.1) is 29.1 Å². The topological polar surface area (TPSA) is 58.2 Å². The van der Waals surface area contributed by atoms with Crippen LogP contribution >= 0.6 is 0 Å². The van der Waals surface area contributed by atoms with Gasteiger partial charge in [-0.05, 0) is 69.1 Å². The molecule has 2 N–H and O–H groups in total. The quantitative estimate of drug-likeness (QED) is 0.709. The van der Waals surface area contributed by atoms with Gasteiger partial charge < -0.3 is 10.6 Å². The van der Waals surface area contributed by atoms with Crippen molar-refractivity contribution in [1.82, 2.24) is 10.6 Å². The van der Waals surface area contributed by atoms with Crippen molar-refractivity contribution in [1.29, 1.82) is 0 Å². The fourth-order valence-electron chi connectivity index (χ4n) is 5.74. The molecule has 23 heavy (non-hydrogen) atoms. The molecule has 0 aliphatic heterocycles. The average Bonchev–Trinajstić information content (AvgIpc) is 2.51. The molecule has 0 aromatic carbocycles. The highest BCUT2D eigenvalue weighted by molar-refractivity contribution is 5.83. The van der Waals surface area contributed by atoms with Crippen LogP contribution in [0.15, 0.2) is 0 Å². The van der Waals surface area contributed by atoms with Gasteiger partial charge >= 0.3 is 0 Å². The Hall–Kier alpha value is -1.06. The standard InChI is InChI=1S/C19H32N2O2/c1-3-16(4-2)17(22)20-5-6-21-18(23)19-10-13-7-14(11-19)9-15(8-13)12-19/h13-16H,3-12H2,1-2H3,(H,20,22)(H,21,23). The lowest BCUT2D eigenvalue weighted by Gasteiger charge is -2.55. The summed E-state index contributed by atoms with van der Waals surface area (Å²) in [7, 11) is 0. The van der Waals surface area contributed by atoms with Crippen molar-refractivity contribution in [3.8, 4) is 0 Å². The summed E-state index contributed by atoms with van der Waals surface area (Å²) in [5.41, 5.74) is -0.0753. The lowest BCUT2D eigenvalue weighted by molar-refractivity contribution is -0.146. The molecule has 4 aliphatic rings. The number of nitrogens with one attached hydrogen (secondary N) is 2. The van der Waals surface area contributed by atoms with Gasteiger partial charge in [-0.2, -0.15) is 0 Å². The second-order valence-electron chi connectivity index (χ2n) is 8.26. The van der Waals surface area contributed by atoms with Crippen LogP contribution < -0.4 is 10.6 Å². The summed E-state index contributed by atoms with van der Waals surface area (Å²) in [6.07, 6.45) is 9.14. The van der Waals surface area contributed by atoms with E-state index in [1.54, 1.807) is 0 Å². The molecule has 0 atom stereocenters. The Balaban J connectivity index is 1.44.